The highest BCUT2D eigenvalue weighted by Crippen LogP contribution is 2.29. The van der Waals surface area contributed by atoms with Gasteiger partial charge in [0, 0.05) is 0 Å². The van der Waals surface area contributed by atoms with E-state index in [0.717, 1.165) is 27.6 Å². The van der Waals surface area contributed by atoms with E-state index in [-0.39, 0.29) is 0 Å². The zero-order chi connectivity index (χ0) is 13.3. The zero-order valence-corrected chi connectivity index (χ0v) is 10.7. The molecule has 0 saturated carbocycles. The molecule has 2 aromatic carbocycles. The van der Waals surface area contributed by atoms with Crippen molar-refractivity contribution in [1.82, 2.24) is 0 Å². The summed E-state index contributed by atoms with van der Waals surface area (Å²) in [6.45, 7) is 3.67. The van der Waals surface area contributed by atoms with E-state index in [9.17, 15) is 4.79 Å². The second-order valence-corrected chi connectivity index (χ2v) is 4.43. The Balaban J connectivity index is 2.61. The van der Waals surface area contributed by atoms with Gasteiger partial charge in [0.25, 0.3) is 0 Å². The fraction of sp³-hybridized carbons (Fsp3) is 0.267. The zero-order valence-electron chi connectivity index (χ0n) is 10.7. The Morgan fingerprint density at radius 2 is 2.00 bits per heavy atom. The smallest absolute Gasteiger partial charge is 0.310 e. The van der Waals surface area contributed by atoms with Crippen molar-refractivity contribution in [3.63, 3.8) is 0 Å². The Morgan fingerprint density at radius 3 is 2.61 bits per heavy atom. The molecule has 0 unspecified atom stereocenters. The maximum Gasteiger partial charge on any atom is 0.310 e. The average Bonchev–Trinajstić information content (AvgIpc) is 2.37. The highest BCUT2D eigenvalue weighted by atomic mass is 16.5. The summed E-state index contributed by atoms with van der Waals surface area (Å²) in [5.74, 6) is -0.483. The molecule has 0 radical (unpaired) electrons. The molecule has 0 saturated heterocycles. The minimum absolute atomic E-state index is 0.489. The molecular formula is C15H16O3. The molecule has 0 bridgehead atoms. The maximum absolute atomic E-state index is 11.1. The Labute approximate surface area is 106 Å². The predicted octanol–water partition coefficient (Wildman–Crippen LogP) is 3.34. The molecule has 0 spiro atoms. The molecular weight excluding hydrogens is 228 g/mol. The largest absolute Gasteiger partial charge is 0.497 e. The summed E-state index contributed by atoms with van der Waals surface area (Å²) in [7, 11) is 1.63. The summed E-state index contributed by atoms with van der Waals surface area (Å²) < 4.78 is 5.18. The van der Waals surface area contributed by atoms with E-state index in [1.165, 1.54) is 0 Å². The lowest BCUT2D eigenvalue weighted by atomic mass is 9.92. The van der Waals surface area contributed by atoms with Crippen molar-refractivity contribution in [2.45, 2.75) is 19.8 Å². The van der Waals surface area contributed by atoms with Crippen LogP contribution in [0, 0.1) is 6.92 Å². The number of fused-ring (bicyclic) bond motifs is 1. The number of rotatable bonds is 3. The summed E-state index contributed by atoms with van der Waals surface area (Å²) in [5.41, 5.74) is 1.88. The number of hydrogen-bond donors (Lipinski definition) is 1. The van der Waals surface area contributed by atoms with Gasteiger partial charge in [-0.25, -0.2) is 0 Å². The number of carboxylic acids is 1. The molecule has 0 heterocycles. The molecule has 0 aliphatic carbocycles. The second-order valence-electron chi connectivity index (χ2n) is 4.43. The van der Waals surface area contributed by atoms with Crippen LogP contribution in [0.25, 0.3) is 10.8 Å². The van der Waals surface area contributed by atoms with E-state index in [0.29, 0.717) is 0 Å². The van der Waals surface area contributed by atoms with Crippen molar-refractivity contribution in [3.05, 3.63) is 41.5 Å². The van der Waals surface area contributed by atoms with E-state index < -0.39 is 11.9 Å². The van der Waals surface area contributed by atoms with E-state index in [1.807, 2.05) is 37.3 Å². The van der Waals surface area contributed by atoms with Gasteiger partial charge in [0.2, 0.25) is 0 Å². The van der Waals surface area contributed by atoms with Crippen LogP contribution in [0.15, 0.2) is 30.3 Å². The van der Waals surface area contributed by atoms with Gasteiger partial charge in [-0.2, -0.15) is 0 Å². The van der Waals surface area contributed by atoms with Crippen LogP contribution in [0.2, 0.25) is 0 Å². The molecule has 2 rings (SSSR count). The quantitative estimate of drug-likeness (QED) is 0.900. The summed E-state index contributed by atoms with van der Waals surface area (Å²) >= 11 is 0. The first-order valence-electron chi connectivity index (χ1n) is 5.84. The van der Waals surface area contributed by atoms with Crippen LogP contribution in [-0.4, -0.2) is 18.2 Å². The minimum Gasteiger partial charge on any atom is -0.497 e. The monoisotopic (exact) mass is 244 g/mol. The predicted molar refractivity (Wildman–Crippen MR) is 71.3 cm³/mol. The molecule has 2 aromatic rings. The summed E-state index contributed by atoms with van der Waals surface area (Å²) in [6.07, 6.45) is 0. The number of benzene rings is 2. The lowest BCUT2D eigenvalue weighted by Crippen LogP contribution is -2.09. The van der Waals surface area contributed by atoms with Gasteiger partial charge in [-0.05, 0) is 47.9 Å². The van der Waals surface area contributed by atoms with Crippen molar-refractivity contribution in [2.75, 3.05) is 7.11 Å². The third kappa shape index (κ3) is 2.04. The third-order valence-corrected chi connectivity index (χ3v) is 3.38. The van der Waals surface area contributed by atoms with E-state index in [4.69, 9.17) is 9.84 Å². The summed E-state index contributed by atoms with van der Waals surface area (Å²) in [6, 6.07) is 9.65. The normalized spacial score (nSPS) is 12.4. The number of carboxylic acid groups (broad SMARTS) is 1. The maximum atomic E-state index is 11.1. The van der Waals surface area contributed by atoms with Crippen LogP contribution in [0.5, 0.6) is 5.75 Å². The fourth-order valence-electron chi connectivity index (χ4n) is 2.21. The summed E-state index contributed by atoms with van der Waals surface area (Å²) in [5, 5.41) is 11.2. The SMILES string of the molecule is COc1ccc2c(C)c([C@@H](C)C(=O)O)ccc2c1. The molecule has 0 aromatic heterocycles. The number of methoxy groups -OCH3 is 1. The highest BCUT2D eigenvalue weighted by Gasteiger charge is 2.17. The van der Waals surface area contributed by atoms with Gasteiger partial charge in [-0.1, -0.05) is 18.2 Å². The first kappa shape index (κ1) is 12.4. The molecule has 1 N–H and O–H groups in total. The van der Waals surface area contributed by atoms with E-state index in [2.05, 4.69) is 0 Å². The second kappa shape index (κ2) is 4.69. The van der Waals surface area contributed by atoms with Crippen LogP contribution in [0.1, 0.15) is 24.0 Å². The van der Waals surface area contributed by atoms with Crippen LogP contribution in [-0.2, 0) is 4.79 Å². The Hall–Kier alpha value is -2.03. The molecule has 0 aliphatic heterocycles. The van der Waals surface area contributed by atoms with Crippen molar-refractivity contribution >= 4 is 16.7 Å². The van der Waals surface area contributed by atoms with E-state index in [1.54, 1.807) is 14.0 Å². The standard InChI is InChI=1S/C15H16O3/c1-9-13(10(2)15(16)17)6-4-11-8-12(18-3)5-7-14(9)11/h4-8,10H,1-3H3,(H,16,17)/t10-/m1/s1. The van der Waals surface area contributed by atoms with E-state index >= 15 is 0 Å². The van der Waals surface area contributed by atoms with Crippen molar-refractivity contribution < 1.29 is 14.6 Å². The van der Waals surface area contributed by atoms with Crippen LogP contribution in [0.3, 0.4) is 0 Å². The van der Waals surface area contributed by atoms with Crippen LogP contribution < -0.4 is 4.74 Å². The first-order chi connectivity index (χ1) is 8.54. The molecule has 1 atom stereocenters. The van der Waals surface area contributed by atoms with Crippen LogP contribution >= 0.6 is 0 Å². The third-order valence-electron chi connectivity index (χ3n) is 3.38. The number of hydrogen-bond acceptors (Lipinski definition) is 2. The van der Waals surface area contributed by atoms with Gasteiger partial charge in [0.1, 0.15) is 5.75 Å². The highest BCUT2D eigenvalue weighted by molar-refractivity contribution is 5.89. The van der Waals surface area contributed by atoms with Gasteiger partial charge in [-0.15, -0.1) is 0 Å². The average molecular weight is 244 g/mol. The number of ether oxygens (including phenoxy) is 1. The van der Waals surface area contributed by atoms with Crippen molar-refractivity contribution in [3.8, 4) is 5.75 Å². The number of aliphatic carboxylic acids is 1. The number of carbonyl (C=O) groups is 1. The molecule has 0 amide bonds. The summed E-state index contributed by atoms with van der Waals surface area (Å²) in [4.78, 5) is 11.1. The van der Waals surface area contributed by atoms with Crippen molar-refractivity contribution in [1.29, 1.82) is 0 Å². The van der Waals surface area contributed by atoms with Gasteiger partial charge in [-0.3, -0.25) is 4.79 Å². The molecule has 3 heteroatoms. The fourth-order valence-corrected chi connectivity index (χ4v) is 2.21. The minimum atomic E-state index is -0.800. The molecule has 0 aliphatic rings. The molecule has 94 valence electrons. The molecule has 0 fully saturated rings. The lowest BCUT2D eigenvalue weighted by Gasteiger charge is -2.13. The Bertz CT molecular complexity index is 602. The first-order valence-corrected chi connectivity index (χ1v) is 5.84. The van der Waals surface area contributed by atoms with Gasteiger partial charge < -0.3 is 9.84 Å². The topological polar surface area (TPSA) is 46.5 Å². The van der Waals surface area contributed by atoms with Crippen LogP contribution in [0.4, 0.5) is 0 Å². The molecule has 18 heavy (non-hydrogen) atoms. The van der Waals surface area contributed by atoms with Crippen molar-refractivity contribution in [2.24, 2.45) is 0 Å². The lowest BCUT2D eigenvalue weighted by molar-refractivity contribution is -0.138. The Kier molecular flexibility index (Phi) is 3.24. The van der Waals surface area contributed by atoms with Gasteiger partial charge >= 0.3 is 5.97 Å². The number of aryl methyl sites for hydroxylation is 1. The van der Waals surface area contributed by atoms with Gasteiger partial charge in [0.15, 0.2) is 0 Å². The molecule has 3 nitrogen and oxygen atoms in total. The van der Waals surface area contributed by atoms with Gasteiger partial charge in [0.05, 0.1) is 13.0 Å². The Morgan fingerprint density at radius 1 is 1.28 bits per heavy atom.